The molecule has 0 radical (unpaired) electrons. The highest BCUT2D eigenvalue weighted by Crippen LogP contribution is 2.40. The van der Waals surface area contributed by atoms with Crippen molar-refractivity contribution in [2.75, 3.05) is 0 Å². The third-order valence-electron chi connectivity index (χ3n) is 3.41. The highest BCUT2D eigenvalue weighted by atomic mass is 19.4. The molecule has 0 amide bonds. The van der Waals surface area contributed by atoms with Gasteiger partial charge >= 0.3 is 6.18 Å². The Morgan fingerprint density at radius 2 is 1.57 bits per heavy atom. The Morgan fingerprint density at radius 1 is 0.905 bits per heavy atom. The number of nitrogens with zero attached hydrogens (tertiary/aromatic N) is 1. The van der Waals surface area contributed by atoms with Gasteiger partial charge in [-0.3, -0.25) is 4.98 Å². The summed E-state index contributed by atoms with van der Waals surface area (Å²) in [5.41, 5.74) is 0.762. The van der Waals surface area contributed by atoms with Gasteiger partial charge in [-0.25, -0.2) is 0 Å². The van der Waals surface area contributed by atoms with Gasteiger partial charge in [-0.05, 0) is 12.3 Å². The summed E-state index contributed by atoms with van der Waals surface area (Å²) < 4.78 is 40.5. The second-order valence-electron chi connectivity index (χ2n) is 4.93. The van der Waals surface area contributed by atoms with E-state index in [9.17, 15) is 13.2 Å². The third kappa shape index (κ3) is 2.49. The second-order valence-corrected chi connectivity index (χ2v) is 4.93. The van der Waals surface area contributed by atoms with E-state index >= 15 is 0 Å². The number of halogens is 3. The van der Waals surface area contributed by atoms with E-state index < -0.39 is 11.7 Å². The quantitative estimate of drug-likeness (QED) is 0.597. The molecule has 0 fully saturated rings. The van der Waals surface area contributed by atoms with Crippen molar-refractivity contribution in [1.29, 1.82) is 0 Å². The molecular formula is C17H12F3N. The van der Waals surface area contributed by atoms with Crippen LogP contribution in [-0.4, -0.2) is 4.98 Å². The first-order chi connectivity index (χ1) is 9.97. The van der Waals surface area contributed by atoms with Gasteiger partial charge in [0.2, 0.25) is 0 Å². The molecule has 1 aromatic heterocycles. The minimum atomic E-state index is -4.45. The van der Waals surface area contributed by atoms with Crippen LogP contribution in [0.15, 0.2) is 54.7 Å². The molecule has 0 saturated heterocycles. The fourth-order valence-electron chi connectivity index (χ4n) is 2.38. The van der Waals surface area contributed by atoms with Gasteiger partial charge in [-0.2, -0.15) is 13.2 Å². The number of rotatable bonds is 1. The van der Waals surface area contributed by atoms with Crippen molar-refractivity contribution in [2.45, 2.75) is 13.1 Å². The number of hydrogen-bond acceptors (Lipinski definition) is 1. The Morgan fingerprint density at radius 3 is 2.24 bits per heavy atom. The zero-order valence-electron chi connectivity index (χ0n) is 11.3. The van der Waals surface area contributed by atoms with E-state index in [1.807, 2.05) is 6.92 Å². The van der Waals surface area contributed by atoms with Gasteiger partial charge in [0.05, 0.1) is 11.3 Å². The normalized spacial score (nSPS) is 11.8. The van der Waals surface area contributed by atoms with E-state index in [-0.39, 0.29) is 11.1 Å². The summed E-state index contributed by atoms with van der Waals surface area (Å²) in [6.07, 6.45) is -2.96. The maximum absolute atomic E-state index is 13.5. The van der Waals surface area contributed by atoms with Crippen LogP contribution >= 0.6 is 0 Å². The van der Waals surface area contributed by atoms with E-state index in [0.717, 1.165) is 5.56 Å². The maximum Gasteiger partial charge on any atom is 0.419 e. The van der Waals surface area contributed by atoms with Crippen LogP contribution in [0.3, 0.4) is 0 Å². The monoisotopic (exact) mass is 287 g/mol. The van der Waals surface area contributed by atoms with Crippen LogP contribution in [0, 0.1) is 6.92 Å². The number of aromatic nitrogens is 1. The van der Waals surface area contributed by atoms with Crippen LogP contribution < -0.4 is 0 Å². The number of fused-ring (bicyclic) bond motifs is 1. The average Bonchev–Trinajstić information content (AvgIpc) is 2.46. The molecule has 0 unspecified atom stereocenters. The van der Waals surface area contributed by atoms with Crippen molar-refractivity contribution >= 4 is 10.8 Å². The molecule has 1 nitrogen and oxygen atoms in total. The molecule has 0 aliphatic rings. The van der Waals surface area contributed by atoms with Crippen LogP contribution in [0.25, 0.3) is 22.0 Å². The van der Waals surface area contributed by atoms with Crippen LogP contribution in [0.1, 0.15) is 11.1 Å². The Balaban J connectivity index is 2.35. The van der Waals surface area contributed by atoms with Crippen molar-refractivity contribution in [1.82, 2.24) is 4.98 Å². The smallest absolute Gasteiger partial charge is 0.255 e. The summed E-state index contributed by atoms with van der Waals surface area (Å²) in [6.45, 7) is 1.89. The fourth-order valence-corrected chi connectivity index (χ4v) is 2.38. The second kappa shape index (κ2) is 4.88. The highest BCUT2D eigenvalue weighted by molar-refractivity contribution is 5.90. The lowest BCUT2D eigenvalue weighted by atomic mass is 9.99. The standard InChI is InChI=1S/C17H12F3N/c1-11-6-8-12(9-7-11)16-15(17(18,19)20)14-5-3-2-4-13(14)10-21-16/h2-10H,1H3. The molecule has 4 heteroatoms. The van der Waals surface area contributed by atoms with Crippen molar-refractivity contribution in [3.05, 3.63) is 65.9 Å². The lowest BCUT2D eigenvalue weighted by Crippen LogP contribution is -2.09. The summed E-state index contributed by atoms with van der Waals surface area (Å²) in [6, 6.07) is 13.3. The molecule has 0 saturated carbocycles. The van der Waals surface area contributed by atoms with Crippen LogP contribution in [0.2, 0.25) is 0 Å². The molecule has 0 atom stereocenters. The zero-order chi connectivity index (χ0) is 15.0. The summed E-state index contributed by atoms with van der Waals surface area (Å²) in [7, 11) is 0. The Hall–Kier alpha value is -2.36. The predicted molar refractivity (Wildman–Crippen MR) is 76.9 cm³/mol. The molecule has 0 bridgehead atoms. The van der Waals surface area contributed by atoms with Crippen molar-refractivity contribution in [2.24, 2.45) is 0 Å². The zero-order valence-corrected chi connectivity index (χ0v) is 11.3. The molecule has 3 rings (SSSR count). The number of hydrogen-bond donors (Lipinski definition) is 0. The molecule has 21 heavy (non-hydrogen) atoms. The van der Waals surface area contributed by atoms with Gasteiger partial charge in [0.15, 0.2) is 0 Å². The minimum absolute atomic E-state index is 0.0267. The molecule has 106 valence electrons. The van der Waals surface area contributed by atoms with Crippen molar-refractivity contribution < 1.29 is 13.2 Å². The molecule has 1 heterocycles. The van der Waals surface area contributed by atoms with Gasteiger partial charge in [-0.1, -0.05) is 54.1 Å². The van der Waals surface area contributed by atoms with Crippen molar-refractivity contribution in [3.8, 4) is 11.3 Å². The first-order valence-corrected chi connectivity index (χ1v) is 6.49. The van der Waals surface area contributed by atoms with Crippen molar-refractivity contribution in [3.63, 3.8) is 0 Å². The maximum atomic E-state index is 13.5. The van der Waals surface area contributed by atoms with E-state index in [1.54, 1.807) is 42.5 Å². The minimum Gasteiger partial charge on any atom is -0.255 e. The molecule has 3 aromatic rings. The van der Waals surface area contributed by atoms with Gasteiger partial charge in [-0.15, -0.1) is 0 Å². The number of pyridine rings is 1. The molecule has 0 aliphatic heterocycles. The Kier molecular flexibility index (Phi) is 3.16. The lowest BCUT2D eigenvalue weighted by Gasteiger charge is -2.15. The van der Waals surface area contributed by atoms with E-state index in [1.165, 1.54) is 12.3 Å². The van der Waals surface area contributed by atoms with Gasteiger partial charge in [0.1, 0.15) is 0 Å². The third-order valence-corrected chi connectivity index (χ3v) is 3.41. The molecule has 2 aromatic carbocycles. The van der Waals surface area contributed by atoms with Crippen LogP contribution in [-0.2, 0) is 6.18 Å². The molecular weight excluding hydrogens is 275 g/mol. The average molecular weight is 287 g/mol. The summed E-state index contributed by atoms with van der Waals surface area (Å²) in [5, 5.41) is 0.663. The molecule has 0 spiro atoms. The lowest BCUT2D eigenvalue weighted by molar-refractivity contribution is -0.136. The first-order valence-electron chi connectivity index (χ1n) is 6.49. The summed E-state index contributed by atoms with van der Waals surface area (Å²) in [4.78, 5) is 4.05. The van der Waals surface area contributed by atoms with E-state index in [2.05, 4.69) is 4.98 Å². The number of benzene rings is 2. The number of alkyl halides is 3. The topological polar surface area (TPSA) is 12.9 Å². The predicted octanol–water partition coefficient (Wildman–Crippen LogP) is 5.23. The Bertz CT molecular complexity index is 789. The van der Waals surface area contributed by atoms with E-state index in [4.69, 9.17) is 0 Å². The van der Waals surface area contributed by atoms with Gasteiger partial charge in [0, 0.05) is 17.1 Å². The largest absolute Gasteiger partial charge is 0.419 e. The first kappa shape index (κ1) is 13.6. The highest BCUT2D eigenvalue weighted by Gasteiger charge is 2.36. The fraction of sp³-hybridized carbons (Fsp3) is 0.118. The molecule has 0 N–H and O–H groups in total. The summed E-state index contributed by atoms with van der Waals surface area (Å²) in [5.74, 6) is 0. The van der Waals surface area contributed by atoms with Crippen LogP contribution in [0.5, 0.6) is 0 Å². The molecule has 0 aliphatic carbocycles. The SMILES string of the molecule is Cc1ccc(-c2ncc3ccccc3c2C(F)(F)F)cc1. The summed E-state index contributed by atoms with van der Waals surface area (Å²) >= 11 is 0. The van der Waals surface area contributed by atoms with Crippen LogP contribution in [0.4, 0.5) is 13.2 Å². The van der Waals surface area contributed by atoms with Gasteiger partial charge in [0.25, 0.3) is 0 Å². The van der Waals surface area contributed by atoms with Gasteiger partial charge < -0.3 is 0 Å². The number of aryl methyl sites for hydroxylation is 1. The Labute approximate surface area is 120 Å². The van der Waals surface area contributed by atoms with E-state index in [0.29, 0.717) is 10.9 Å².